The highest BCUT2D eigenvalue weighted by Gasteiger charge is 2.36. The molecule has 1 aliphatic rings. The van der Waals surface area contributed by atoms with E-state index < -0.39 is 0 Å². The third kappa shape index (κ3) is 11.2. The number of para-hydroxylation sites is 1. The topological polar surface area (TPSA) is 134 Å². The first-order valence-corrected chi connectivity index (χ1v) is 43.9. The van der Waals surface area contributed by atoms with Gasteiger partial charge in [-0.2, -0.15) is 0 Å². The number of nitrogens with zero attached hydrogens (tertiary/aromatic N) is 11. The molecule has 24 aromatic rings. The van der Waals surface area contributed by atoms with Gasteiger partial charge in [-0.15, -0.1) is 45.3 Å². The Labute approximate surface area is 714 Å². The van der Waals surface area contributed by atoms with Crippen molar-refractivity contribution in [2.75, 3.05) is 0 Å². The van der Waals surface area contributed by atoms with Crippen LogP contribution in [0.25, 0.3) is 244 Å². The van der Waals surface area contributed by atoms with Crippen LogP contribution in [-0.2, 0) is 5.41 Å². The van der Waals surface area contributed by atoms with E-state index in [0.29, 0.717) is 46.6 Å². The summed E-state index contributed by atoms with van der Waals surface area (Å²) in [7, 11) is 0. The Hall–Kier alpha value is -14.8. The van der Waals surface area contributed by atoms with E-state index in [0.717, 1.165) is 182 Å². The molecule has 0 unspecified atom stereocenters. The third-order valence-electron chi connectivity index (χ3n) is 24.2. The molecule has 0 bridgehead atoms. The van der Waals surface area contributed by atoms with Crippen LogP contribution >= 0.6 is 45.3 Å². The summed E-state index contributed by atoms with van der Waals surface area (Å²) in [6.07, 6.45) is 0. The second kappa shape index (κ2) is 27.6. The molecule has 0 atom stereocenters. The van der Waals surface area contributed by atoms with Crippen LogP contribution in [-0.4, -0.2) is 54.4 Å². The second-order valence-corrected chi connectivity index (χ2v) is 35.8. The van der Waals surface area contributed by atoms with Gasteiger partial charge >= 0.3 is 0 Å². The van der Waals surface area contributed by atoms with E-state index in [4.69, 9.17) is 49.8 Å². The minimum atomic E-state index is -0.184. The highest BCUT2D eigenvalue weighted by Crippen LogP contribution is 2.53. The summed E-state index contributed by atoms with van der Waals surface area (Å²) in [5.41, 5.74) is 23.4. The summed E-state index contributed by atoms with van der Waals surface area (Å²) in [5.74, 6) is 4.94. The number of aromatic nitrogens is 11. The molecule has 0 radical (unpaired) electrons. The van der Waals surface area contributed by atoms with E-state index >= 15 is 0 Å². The van der Waals surface area contributed by atoms with Crippen LogP contribution in [0.2, 0.25) is 0 Å². The van der Waals surface area contributed by atoms with Gasteiger partial charge in [0.1, 0.15) is 0 Å². The molecule has 1 aliphatic carbocycles. The van der Waals surface area contributed by atoms with Crippen LogP contribution in [0.15, 0.2) is 346 Å². The summed E-state index contributed by atoms with van der Waals surface area (Å²) in [6, 6.07) is 123. The monoisotopic (exact) mass is 1630 g/mol. The van der Waals surface area contributed by atoms with Crippen molar-refractivity contribution in [3.63, 3.8) is 0 Å². The first-order chi connectivity index (χ1) is 60.2. The fourth-order valence-corrected chi connectivity index (χ4v) is 23.2. The van der Waals surface area contributed by atoms with Crippen molar-refractivity contribution in [2.45, 2.75) is 19.3 Å². The Balaban J connectivity index is 0.601. The van der Waals surface area contributed by atoms with E-state index in [-0.39, 0.29) is 5.41 Å². The zero-order valence-electron chi connectivity index (χ0n) is 65.5. The third-order valence-corrected chi connectivity index (χ3v) is 28.9. The predicted molar refractivity (Wildman–Crippen MR) is 508 cm³/mol. The highest BCUT2D eigenvalue weighted by atomic mass is 32.1. The van der Waals surface area contributed by atoms with Gasteiger partial charge in [0, 0.05) is 138 Å². The zero-order valence-corrected chi connectivity index (χ0v) is 68.7. The molecule has 0 saturated heterocycles. The van der Waals surface area contributed by atoms with Gasteiger partial charge in [0.15, 0.2) is 46.6 Å². The van der Waals surface area contributed by atoms with Crippen LogP contribution < -0.4 is 0 Å². The number of benzene rings is 15. The molecule has 570 valence electrons. The fraction of sp³-hybridized carbons (Fsp3) is 0.0280. The van der Waals surface area contributed by atoms with Crippen LogP contribution in [0.4, 0.5) is 0 Å². The Kier molecular flexibility index (Phi) is 15.9. The number of fused-ring (bicyclic) bond motifs is 18. The highest BCUT2D eigenvalue weighted by molar-refractivity contribution is 7.28. The lowest BCUT2D eigenvalue weighted by Crippen LogP contribution is -2.15. The van der Waals surface area contributed by atoms with Crippen molar-refractivity contribution >= 4 is 148 Å². The number of hydrogen-bond acceptors (Lipinski definition) is 14. The minimum Gasteiger partial charge on any atom is -0.309 e. The van der Waals surface area contributed by atoms with Crippen molar-refractivity contribution in [1.29, 1.82) is 0 Å². The standard InChI is InChI=1S/C107H63N11S4/c1-107(2)81-45-18-15-36-69(81)70-53-50-66(58-82(70)107)102-108-91-72-37-16-19-46-85(72)119-97(91)93(110-102)78-43-22-40-75-90-77(42-25-49-88(90)122-95(75)78)106-116-101(62-30-11-5-12-31-62)113-104(117-106)65-33-21-32-63(56-65)64-52-55-83-80(57-64)71-54-51-67(59-84(71)118(83)68-34-13-6-14-35-68)103-109-92-73-38-17-20-47-86(73)120-98(92)94(111-103)79-44-23-39-74-89-76(41-24-48-87(89)121-96(74)79)105-114-99(60-26-7-3-8-27-60)112-100(115-105)61-28-9-4-10-29-61/h3-59H,1-2H3. The lowest BCUT2D eigenvalue weighted by Gasteiger charge is -2.21. The maximum atomic E-state index is 5.74. The van der Waals surface area contributed by atoms with E-state index in [9.17, 15) is 0 Å². The van der Waals surface area contributed by atoms with Crippen LogP contribution in [0.3, 0.4) is 0 Å². The van der Waals surface area contributed by atoms with Crippen molar-refractivity contribution < 1.29 is 0 Å². The maximum absolute atomic E-state index is 5.74. The molecule has 11 nitrogen and oxygen atoms in total. The Morgan fingerprint density at radius 2 is 0.607 bits per heavy atom. The smallest absolute Gasteiger partial charge is 0.164 e. The van der Waals surface area contributed by atoms with Gasteiger partial charge in [0.25, 0.3) is 0 Å². The van der Waals surface area contributed by atoms with Gasteiger partial charge in [-0.3, -0.25) is 0 Å². The second-order valence-electron chi connectivity index (χ2n) is 31.6. The molecule has 9 aromatic heterocycles. The summed E-state index contributed by atoms with van der Waals surface area (Å²) in [4.78, 5) is 54.3. The molecule has 0 amide bonds. The Morgan fingerprint density at radius 1 is 0.221 bits per heavy atom. The van der Waals surface area contributed by atoms with Gasteiger partial charge in [-0.05, 0) is 100 Å². The van der Waals surface area contributed by atoms with E-state index in [1.54, 1.807) is 45.3 Å². The molecule has 0 aliphatic heterocycles. The molecular weight excluding hydrogens is 1570 g/mol. The molecule has 15 heteroatoms. The molecule has 0 N–H and O–H groups in total. The van der Waals surface area contributed by atoms with Crippen molar-refractivity contribution in [3.05, 3.63) is 357 Å². The van der Waals surface area contributed by atoms with E-state index in [1.165, 1.54) is 27.0 Å². The van der Waals surface area contributed by atoms with E-state index in [1.807, 2.05) is 54.6 Å². The minimum absolute atomic E-state index is 0.184. The number of rotatable bonds is 12. The van der Waals surface area contributed by atoms with Gasteiger partial charge in [-0.1, -0.05) is 293 Å². The molecule has 9 heterocycles. The molecule has 0 saturated carbocycles. The van der Waals surface area contributed by atoms with Crippen molar-refractivity contribution in [1.82, 2.24) is 54.4 Å². The molecule has 0 spiro atoms. The Morgan fingerprint density at radius 3 is 1.18 bits per heavy atom. The molecule has 25 rings (SSSR count). The average Bonchev–Trinajstić information content (AvgIpc) is 1.55. The molecule has 122 heavy (non-hydrogen) atoms. The number of hydrogen-bond donors (Lipinski definition) is 0. The van der Waals surface area contributed by atoms with Crippen molar-refractivity contribution in [2.24, 2.45) is 0 Å². The quantitative estimate of drug-likeness (QED) is 0.116. The van der Waals surface area contributed by atoms with Crippen LogP contribution in [0.5, 0.6) is 0 Å². The predicted octanol–water partition coefficient (Wildman–Crippen LogP) is 28.8. The van der Waals surface area contributed by atoms with Crippen LogP contribution in [0.1, 0.15) is 25.0 Å². The molecule has 15 aromatic carbocycles. The molecular formula is C107H63N11S4. The first-order valence-electron chi connectivity index (χ1n) is 40.7. The van der Waals surface area contributed by atoms with Crippen LogP contribution in [0, 0.1) is 0 Å². The number of thiophene rings is 4. The summed E-state index contributed by atoms with van der Waals surface area (Å²) < 4.78 is 11.3. The summed E-state index contributed by atoms with van der Waals surface area (Å²) in [5, 5.41) is 8.80. The fourth-order valence-electron chi connectivity index (χ4n) is 18.4. The summed E-state index contributed by atoms with van der Waals surface area (Å²) >= 11 is 7.06. The lowest BCUT2D eigenvalue weighted by molar-refractivity contribution is 0.660. The van der Waals surface area contributed by atoms with Gasteiger partial charge < -0.3 is 4.57 Å². The maximum Gasteiger partial charge on any atom is 0.164 e. The average molecular weight is 1630 g/mol. The SMILES string of the molecule is CC1(C)c2ccccc2-c2ccc(-c3nc(-c4cccc5c4sc4cccc(-c6nc(-c7ccccc7)nc(-c7cccc(-c8ccc9c(c8)c8ccc(-c%10nc(-c%11cccc%12c%11sc%11cccc(-c%13nc(-c%14ccccc%14)nc(-c%14ccccc%14)n%13)c%11%12)c%11sc%12ccccc%12c%11n%10)cc8n9-c8ccccc8)c7)n6)c45)c4sc5ccccc5c4n3)cc21. The largest absolute Gasteiger partial charge is 0.309 e. The first kappa shape index (κ1) is 70.2. The molecule has 0 fully saturated rings. The normalized spacial score (nSPS) is 12.6. The summed E-state index contributed by atoms with van der Waals surface area (Å²) in [6.45, 7) is 4.65. The van der Waals surface area contributed by atoms with E-state index in [2.05, 4.69) is 310 Å². The van der Waals surface area contributed by atoms with Crippen molar-refractivity contribution in [3.8, 4) is 142 Å². The van der Waals surface area contributed by atoms with Gasteiger partial charge in [-0.25, -0.2) is 49.8 Å². The lowest BCUT2D eigenvalue weighted by atomic mass is 9.82. The zero-order chi connectivity index (χ0) is 80.4. The van der Waals surface area contributed by atoms with Gasteiger partial charge in [0.2, 0.25) is 0 Å². The van der Waals surface area contributed by atoms with Gasteiger partial charge in [0.05, 0.1) is 42.9 Å². The Bertz CT molecular complexity index is 8450.